The number of phenols is 1. The zero-order chi connectivity index (χ0) is 38.4. The van der Waals surface area contributed by atoms with Gasteiger partial charge in [-0.3, -0.25) is 9.35 Å². The molecule has 0 aliphatic rings. The lowest BCUT2D eigenvalue weighted by atomic mass is 10.1. The van der Waals surface area contributed by atoms with E-state index >= 15 is 0 Å². The summed E-state index contributed by atoms with van der Waals surface area (Å²) in [5, 5.41) is 38.0. The number of azo groups is 3. The second-order valence-electron chi connectivity index (χ2n) is 12.0. The standard InChI is InChI=1S/C38H32N8O7S/c1-22-16-27(8-14-32(22)41-42-33-15-11-30(52-21-47)20-37(33)54(49,50)51)40-44-35-17-24(3)36(18-23(35)2)45-43-34-13-4-25-19-28(7-12-31(25)38(34)48)46-53-29-9-5-26(39)6-10-29/h4-21,46,48H,39H2,1-3H3,(H,49,50,51). The second-order valence-corrected chi connectivity index (χ2v) is 13.3. The molecular weight excluding hydrogens is 713 g/mol. The summed E-state index contributed by atoms with van der Waals surface area (Å²) in [6, 6.07) is 28.1. The molecule has 6 aromatic carbocycles. The Kier molecular flexibility index (Phi) is 10.7. The highest BCUT2D eigenvalue weighted by Crippen LogP contribution is 2.38. The van der Waals surface area contributed by atoms with Crippen LogP contribution in [0.15, 0.2) is 139 Å². The lowest BCUT2D eigenvalue weighted by molar-refractivity contribution is -0.120. The highest BCUT2D eigenvalue weighted by Gasteiger charge is 2.17. The summed E-state index contributed by atoms with van der Waals surface area (Å²) < 4.78 is 38.0. The maximum atomic E-state index is 11.9. The number of phenolic OH excluding ortho intramolecular Hbond substituents is 1. The van der Waals surface area contributed by atoms with Crippen molar-refractivity contribution in [3.63, 3.8) is 0 Å². The molecule has 0 atom stereocenters. The zero-order valence-electron chi connectivity index (χ0n) is 29.0. The molecule has 6 rings (SSSR count). The molecule has 0 saturated heterocycles. The average molecular weight is 745 g/mol. The third-order valence-corrected chi connectivity index (χ3v) is 8.91. The van der Waals surface area contributed by atoms with Crippen molar-refractivity contribution in [1.29, 1.82) is 0 Å². The third-order valence-electron chi connectivity index (χ3n) is 8.03. The van der Waals surface area contributed by atoms with Gasteiger partial charge in [-0.2, -0.15) is 28.9 Å². The third kappa shape index (κ3) is 8.70. The smallest absolute Gasteiger partial charge is 0.298 e. The first-order valence-electron chi connectivity index (χ1n) is 16.1. The number of nitrogens with one attached hydrogen (secondary N) is 1. The van der Waals surface area contributed by atoms with Crippen molar-refractivity contribution in [3.8, 4) is 17.2 Å². The lowest BCUT2D eigenvalue weighted by Crippen LogP contribution is -2.04. The fourth-order valence-electron chi connectivity index (χ4n) is 5.15. The second kappa shape index (κ2) is 15.7. The van der Waals surface area contributed by atoms with Crippen LogP contribution in [0, 0.1) is 20.8 Å². The lowest BCUT2D eigenvalue weighted by Gasteiger charge is -2.10. The molecule has 15 nitrogen and oxygen atoms in total. The number of anilines is 2. The topological polar surface area (TPSA) is 222 Å². The molecule has 272 valence electrons. The van der Waals surface area contributed by atoms with Crippen LogP contribution in [0.3, 0.4) is 0 Å². The zero-order valence-corrected chi connectivity index (χ0v) is 29.8. The number of fused-ring (bicyclic) bond motifs is 1. The molecule has 16 heteroatoms. The van der Waals surface area contributed by atoms with Gasteiger partial charge in [-0.15, -0.1) is 10.2 Å². The van der Waals surface area contributed by atoms with E-state index in [0.29, 0.717) is 56.5 Å². The van der Waals surface area contributed by atoms with Gasteiger partial charge in [0.2, 0.25) is 0 Å². The Morgan fingerprint density at radius 2 is 1.24 bits per heavy atom. The van der Waals surface area contributed by atoms with Gasteiger partial charge in [-0.25, -0.2) is 5.48 Å². The number of carbonyl (C=O) groups is 1. The first kappa shape index (κ1) is 36.7. The molecule has 0 amide bonds. The Labute approximate surface area is 309 Å². The molecule has 0 aliphatic heterocycles. The Balaban J connectivity index is 1.13. The molecule has 5 N–H and O–H groups in total. The Bertz CT molecular complexity index is 2590. The molecule has 0 saturated carbocycles. The van der Waals surface area contributed by atoms with Crippen molar-refractivity contribution in [2.75, 3.05) is 11.2 Å². The molecule has 0 heterocycles. The van der Waals surface area contributed by atoms with Crippen molar-refractivity contribution in [3.05, 3.63) is 120 Å². The van der Waals surface area contributed by atoms with Crippen LogP contribution in [0.1, 0.15) is 16.7 Å². The van der Waals surface area contributed by atoms with Crippen LogP contribution in [-0.4, -0.2) is 24.5 Å². The molecule has 6 aromatic rings. The van der Waals surface area contributed by atoms with Gasteiger partial charge < -0.3 is 20.4 Å². The summed E-state index contributed by atoms with van der Waals surface area (Å²) in [5.41, 5.74) is 14.5. The molecule has 0 aliphatic carbocycles. The van der Waals surface area contributed by atoms with Gasteiger partial charge in [-0.1, -0.05) is 6.07 Å². The van der Waals surface area contributed by atoms with E-state index in [0.717, 1.165) is 22.6 Å². The highest BCUT2D eigenvalue weighted by molar-refractivity contribution is 7.86. The van der Waals surface area contributed by atoms with Gasteiger partial charge >= 0.3 is 0 Å². The number of nitrogen functional groups attached to an aromatic ring is 1. The highest BCUT2D eigenvalue weighted by atomic mass is 32.2. The molecule has 0 radical (unpaired) electrons. The number of nitrogens with zero attached hydrogens (tertiary/aromatic N) is 6. The summed E-state index contributed by atoms with van der Waals surface area (Å²) >= 11 is 0. The van der Waals surface area contributed by atoms with Gasteiger partial charge in [0.1, 0.15) is 22.0 Å². The molecule has 54 heavy (non-hydrogen) atoms. The number of ether oxygens (including phenoxy) is 1. The van der Waals surface area contributed by atoms with E-state index in [1.54, 1.807) is 67.6 Å². The maximum absolute atomic E-state index is 11.9. The van der Waals surface area contributed by atoms with Gasteiger partial charge in [-0.05, 0) is 134 Å². The predicted octanol–water partition coefficient (Wildman–Crippen LogP) is 10.5. The SMILES string of the molecule is Cc1cc(N=Nc2ccc3cc(NOc4ccc(N)cc4)ccc3c2O)c(C)cc1N=Nc1ccc(N=Nc2ccc(OC=O)cc2S(=O)(=O)O)c(C)c1. The summed E-state index contributed by atoms with van der Waals surface area (Å²) in [6.45, 7) is 5.65. The number of aromatic hydroxyl groups is 1. The van der Waals surface area contributed by atoms with Crippen molar-refractivity contribution < 1.29 is 32.4 Å². The molecular formula is C38H32N8O7S. The number of benzene rings is 6. The molecule has 0 aromatic heterocycles. The summed E-state index contributed by atoms with van der Waals surface area (Å²) in [4.78, 5) is 15.7. The van der Waals surface area contributed by atoms with E-state index in [-0.39, 0.29) is 23.7 Å². The normalized spacial score (nSPS) is 11.9. The molecule has 0 spiro atoms. The van der Waals surface area contributed by atoms with Gasteiger partial charge in [0, 0.05) is 17.1 Å². The van der Waals surface area contributed by atoms with E-state index in [1.807, 2.05) is 38.1 Å². The Morgan fingerprint density at radius 3 is 1.93 bits per heavy atom. The van der Waals surface area contributed by atoms with E-state index in [9.17, 15) is 22.9 Å². The van der Waals surface area contributed by atoms with Crippen molar-refractivity contribution in [2.24, 2.45) is 30.7 Å². The number of hydrogen-bond donors (Lipinski definition) is 4. The van der Waals surface area contributed by atoms with E-state index in [2.05, 4.69) is 40.9 Å². The van der Waals surface area contributed by atoms with Gasteiger partial charge in [0.25, 0.3) is 16.6 Å². The summed E-state index contributed by atoms with van der Waals surface area (Å²) in [7, 11) is -4.68. The summed E-state index contributed by atoms with van der Waals surface area (Å²) in [6.07, 6.45) is 0. The average Bonchev–Trinajstić information content (AvgIpc) is 3.14. The first-order chi connectivity index (χ1) is 25.9. The number of aryl methyl sites for hydroxylation is 3. The number of hydrogen-bond acceptors (Lipinski definition) is 14. The molecule has 0 bridgehead atoms. The van der Waals surface area contributed by atoms with Crippen LogP contribution in [0.4, 0.5) is 45.5 Å². The van der Waals surface area contributed by atoms with Crippen molar-refractivity contribution >= 4 is 72.9 Å². The molecule has 0 fully saturated rings. The minimum Gasteiger partial charge on any atom is -0.505 e. The van der Waals surface area contributed by atoms with Crippen LogP contribution in [0.25, 0.3) is 10.8 Å². The van der Waals surface area contributed by atoms with Crippen LogP contribution >= 0.6 is 0 Å². The Hall–Kier alpha value is -7.04. The van der Waals surface area contributed by atoms with E-state index < -0.39 is 15.0 Å². The monoisotopic (exact) mass is 744 g/mol. The number of rotatable bonds is 12. The minimum absolute atomic E-state index is 0.00692. The van der Waals surface area contributed by atoms with Gasteiger partial charge in [0.15, 0.2) is 11.5 Å². The van der Waals surface area contributed by atoms with Crippen LogP contribution in [0.2, 0.25) is 0 Å². The van der Waals surface area contributed by atoms with E-state index in [1.165, 1.54) is 12.1 Å². The summed E-state index contributed by atoms with van der Waals surface area (Å²) in [5.74, 6) is 0.511. The Morgan fingerprint density at radius 1 is 0.648 bits per heavy atom. The quantitative estimate of drug-likeness (QED) is 0.0307. The fourth-order valence-corrected chi connectivity index (χ4v) is 5.79. The van der Waals surface area contributed by atoms with Crippen LogP contribution < -0.4 is 20.8 Å². The maximum Gasteiger partial charge on any atom is 0.298 e. The first-order valence-corrected chi connectivity index (χ1v) is 17.5. The predicted molar refractivity (Wildman–Crippen MR) is 203 cm³/mol. The fraction of sp³-hybridized carbons (Fsp3) is 0.0789. The number of carbonyl (C=O) groups excluding carboxylic acids is 1. The van der Waals surface area contributed by atoms with Crippen molar-refractivity contribution in [1.82, 2.24) is 0 Å². The van der Waals surface area contributed by atoms with Crippen molar-refractivity contribution in [2.45, 2.75) is 25.7 Å². The van der Waals surface area contributed by atoms with Crippen LogP contribution in [-0.2, 0) is 14.9 Å². The largest absolute Gasteiger partial charge is 0.505 e. The molecule has 0 unspecified atom stereocenters. The van der Waals surface area contributed by atoms with E-state index in [4.69, 9.17) is 10.6 Å². The van der Waals surface area contributed by atoms with Gasteiger partial charge in [0.05, 0.1) is 28.4 Å². The minimum atomic E-state index is -4.68. The number of nitrogens with two attached hydrogens (primary N) is 1. The van der Waals surface area contributed by atoms with Crippen LogP contribution in [0.5, 0.6) is 17.2 Å².